The van der Waals surface area contributed by atoms with Crippen LogP contribution < -0.4 is 5.32 Å². The molecule has 0 aromatic carbocycles. The van der Waals surface area contributed by atoms with E-state index in [4.69, 9.17) is 0 Å². The van der Waals surface area contributed by atoms with Crippen LogP contribution in [0.2, 0.25) is 0 Å². The summed E-state index contributed by atoms with van der Waals surface area (Å²) in [7, 11) is -3.32. The summed E-state index contributed by atoms with van der Waals surface area (Å²) in [6.45, 7) is 6.30. The first kappa shape index (κ1) is 15.5. The molecule has 2 saturated heterocycles. The lowest BCUT2D eigenvalue weighted by atomic mass is 9.91. The van der Waals surface area contributed by atoms with Crippen molar-refractivity contribution in [3.05, 3.63) is 15.8 Å². The minimum Gasteiger partial charge on any atom is -0.314 e. The predicted molar refractivity (Wildman–Crippen MR) is 86.3 cm³/mol. The van der Waals surface area contributed by atoms with Crippen LogP contribution in [0.5, 0.6) is 0 Å². The summed E-state index contributed by atoms with van der Waals surface area (Å²) in [6.07, 6.45) is 4.53. The van der Waals surface area contributed by atoms with E-state index in [-0.39, 0.29) is 0 Å². The molecule has 3 rings (SSSR count). The van der Waals surface area contributed by atoms with Gasteiger partial charge in [0.2, 0.25) is 10.0 Å². The van der Waals surface area contributed by atoms with E-state index in [1.165, 1.54) is 12.8 Å². The van der Waals surface area contributed by atoms with E-state index >= 15 is 0 Å². The maximum atomic E-state index is 12.9. The molecule has 2 unspecified atom stereocenters. The molecule has 4 nitrogen and oxygen atoms in total. The number of sulfonamides is 1. The Morgan fingerprint density at radius 3 is 2.71 bits per heavy atom. The van der Waals surface area contributed by atoms with E-state index in [9.17, 15) is 8.42 Å². The molecule has 21 heavy (non-hydrogen) atoms. The zero-order valence-electron chi connectivity index (χ0n) is 12.8. The summed E-state index contributed by atoms with van der Waals surface area (Å²) < 4.78 is 27.5. The van der Waals surface area contributed by atoms with E-state index in [0.717, 1.165) is 29.1 Å². The number of aryl methyl sites for hydroxylation is 2. The quantitative estimate of drug-likeness (QED) is 0.927. The maximum Gasteiger partial charge on any atom is 0.244 e. The zero-order chi connectivity index (χ0) is 15.0. The fourth-order valence-corrected chi connectivity index (χ4v) is 6.70. The number of thiophene rings is 1. The number of hydrogen-bond acceptors (Lipinski definition) is 4. The van der Waals surface area contributed by atoms with Gasteiger partial charge in [-0.15, -0.1) is 11.3 Å². The molecule has 2 atom stereocenters. The first-order valence-electron chi connectivity index (χ1n) is 7.79. The van der Waals surface area contributed by atoms with Gasteiger partial charge in [-0.25, -0.2) is 8.42 Å². The van der Waals surface area contributed by atoms with Crippen LogP contribution in [0.1, 0.15) is 35.4 Å². The fraction of sp³-hybridized carbons (Fsp3) is 0.733. The van der Waals surface area contributed by atoms with Crippen molar-refractivity contribution in [1.82, 2.24) is 9.62 Å². The standard InChI is InChI=1S/C15H24N2O2S2/c1-11-9-15(12(2)20-11)21(18,19)17-8-4-5-13(10-17)14-6-3-7-16-14/h9,13-14,16H,3-8,10H2,1-2H3. The molecular weight excluding hydrogens is 304 g/mol. The highest BCUT2D eigenvalue weighted by Crippen LogP contribution is 2.32. The summed E-state index contributed by atoms with van der Waals surface area (Å²) in [4.78, 5) is 2.50. The average Bonchev–Trinajstić information content (AvgIpc) is 3.09. The van der Waals surface area contributed by atoms with E-state index in [0.29, 0.717) is 29.9 Å². The van der Waals surface area contributed by atoms with Crippen molar-refractivity contribution >= 4 is 21.4 Å². The lowest BCUT2D eigenvalue weighted by Crippen LogP contribution is -2.45. The molecule has 1 aromatic heterocycles. The van der Waals surface area contributed by atoms with Crippen LogP contribution in [-0.4, -0.2) is 38.4 Å². The second-order valence-corrected chi connectivity index (χ2v) is 9.61. The third-order valence-electron chi connectivity index (χ3n) is 4.70. The number of nitrogens with zero attached hydrogens (tertiary/aromatic N) is 1. The topological polar surface area (TPSA) is 49.4 Å². The van der Waals surface area contributed by atoms with E-state index < -0.39 is 10.0 Å². The molecule has 0 radical (unpaired) electrons. The zero-order valence-corrected chi connectivity index (χ0v) is 14.4. The third-order valence-corrected chi connectivity index (χ3v) is 7.79. The predicted octanol–water partition coefficient (Wildman–Crippen LogP) is 2.52. The van der Waals surface area contributed by atoms with Crippen LogP contribution in [-0.2, 0) is 10.0 Å². The molecule has 0 amide bonds. The van der Waals surface area contributed by atoms with Crippen molar-refractivity contribution in [2.24, 2.45) is 5.92 Å². The fourth-order valence-electron chi connectivity index (χ4n) is 3.64. The van der Waals surface area contributed by atoms with Gasteiger partial charge in [-0.05, 0) is 58.1 Å². The average molecular weight is 329 g/mol. The summed E-state index contributed by atoms with van der Waals surface area (Å²) in [5.41, 5.74) is 0. The minimum absolute atomic E-state index is 0.469. The Labute approximate surface area is 131 Å². The maximum absolute atomic E-state index is 12.9. The van der Waals surface area contributed by atoms with Crippen molar-refractivity contribution in [2.75, 3.05) is 19.6 Å². The van der Waals surface area contributed by atoms with Gasteiger partial charge in [0.15, 0.2) is 0 Å². The monoisotopic (exact) mass is 328 g/mol. The molecule has 2 aliphatic heterocycles. The van der Waals surface area contributed by atoms with Crippen molar-refractivity contribution in [1.29, 1.82) is 0 Å². The summed E-state index contributed by atoms with van der Waals surface area (Å²) in [6, 6.07) is 2.33. The van der Waals surface area contributed by atoms with Gasteiger partial charge < -0.3 is 5.32 Å². The molecular formula is C15H24N2O2S2. The van der Waals surface area contributed by atoms with E-state index in [1.54, 1.807) is 15.6 Å². The smallest absolute Gasteiger partial charge is 0.244 e. The summed E-state index contributed by atoms with van der Waals surface area (Å²) in [5, 5.41) is 3.53. The van der Waals surface area contributed by atoms with Gasteiger partial charge in [0, 0.05) is 28.9 Å². The van der Waals surface area contributed by atoms with Gasteiger partial charge in [0.25, 0.3) is 0 Å². The Morgan fingerprint density at radius 1 is 1.29 bits per heavy atom. The van der Waals surface area contributed by atoms with Gasteiger partial charge in [-0.3, -0.25) is 0 Å². The van der Waals surface area contributed by atoms with Crippen LogP contribution in [0.25, 0.3) is 0 Å². The molecule has 1 aromatic rings. The Morgan fingerprint density at radius 2 is 2.10 bits per heavy atom. The third kappa shape index (κ3) is 3.04. The molecule has 1 N–H and O–H groups in total. The molecule has 2 fully saturated rings. The van der Waals surface area contributed by atoms with Crippen molar-refractivity contribution in [2.45, 2.75) is 50.5 Å². The van der Waals surface area contributed by atoms with Gasteiger partial charge in [0.05, 0.1) is 4.90 Å². The molecule has 2 aliphatic rings. The van der Waals surface area contributed by atoms with Crippen molar-refractivity contribution in [3.8, 4) is 0 Å². The van der Waals surface area contributed by atoms with Gasteiger partial charge in [0.1, 0.15) is 0 Å². The molecule has 0 bridgehead atoms. The van der Waals surface area contributed by atoms with Crippen LogP contribution in [0.15, 0.2) is 11.0 Å². The van der Waals surface area contributed by atoms with E-state index in [2.05, 4.69) is 5.32 Å². The van der Waals surface area contributed by atoms with Gasteiger partial charge in [-0.2, -0.15) is 4.31 Å². The highest BCUT2D eigenvalue weighted by atomic mass is 32.2. The van der Waals surface area contributed by atoms with E-state index in [1.807, 2.05) is 19.9 Å². The van der Waals surface area contributed by atoms with Crippen LogP contribution in [0.4, 0.5) is 0 Å². The number of nitrogens with one attached hydrogen (secondary N) is 1. The lowest BCUT2D eigenvalue weighted by molar-refractivity contribution is 0.226. The molecule has 6 heteroatoms. The Hall–Kier alpha value is -0.430. The normalized spacial score (nSPS) is 28.1. The Bertz CT molecular complexity index is 603. The molecule has 0 saturated carbocycles. The Balaban J connectivity index is 1.80. The van der Waals surface area contributed by atoms with Crippen molar-refractivity contribution in [3.63, 3.8) is 0 Å². The number of hydrogen-bond donors (Lipinski definition) is 1. The van der Waals surface area contributed by atoms with Crippen LogP contribution >= 0.6 is 11.3 Å². The van der Waals surface area contributed by atoms with Crippen molar-refractivity contribution < 1.29 is 8.42 Å². The van der Waals surface area contributed by atoms with Gasteiger partial charge in [-0.1, -0.05) is 0 Å². The molecule has 0 aliphatic carbocycles. The largest absolute Gasteiger partial charge is 0.314 e. The summed E-state index contributed by atoms with van der Waals surface area (Å²) in [5.74, 6) is 0.469. The molecule has 118 valence electrons. The first-order chi connectivity index (χ1) is 9.98. The van der Waals surface area contributed by atoms with Crippen LogP contribution in [0.3, 0.4) is 0 Å². The second kappa shape index (κ2) is 5.99. The summed E-state index contributed by atoms with van der Waals surface area (Å²) >= 11 is 1.57. The van der Waals surface area contributed by atoms with Crippen LogP contribution in [0, 0.1) is 19.8 Å². The van der Waals surface area contributed by atoms with Gasteiger partial charge >= 0.3 is 0 Å². The highest BCUT2D eigenvalue weighted by Gasteiger charge is 2.35. The molecule has 0 spiro atoms. The SMILES string of the molecule is Cc1cc(S(=O)(=O)N2CCCC(C3CCCN3)C2)c(C)s1. The lowest BCUT2D eigenvalue weighted by Gasteiger charge is -2.35. The number of piperidine rings is 1. The minimum atomic E-state index is -3.32. The highest BCUT2D eigenvalue weighted by molar-refractivity contribution is 7.89. The second-order valence-electron chi connectivity index (χ2n) is 6.25. The number of rotatable bonds is 3. The Kier molecular flexibility index (Phi) is 4.41. The molecule has 3 heterocycles. The first-order valence-corrected chi connectivity index (χ1v) is 10.0.